The van der Waals surface area contributed by atoms with E-state index in [2.05, 4.69) is 5.32 Å². The first kappa shape index (κ1) is 15.9. The second-order valence-corrected chi connectivity index (χ2v) is 4.32. The first-order valence-corrected chi connectivity index (χ1v) is 6.26. The average Bonchev–Trinajstić information content (AvgIpc) is 2.39. The lowest BCUT2D eigenvalue weighted by Crippen LogP contribution is -2.20. The smallest absolute Gasteiger partial charge is 0.261 e. The highest BCUT2D eigenvalue weighted by Gasteiger charge is 2.13. The van der Waals surface area contributed by atoms with Gasteiger partial charge in [-0.1, -0.05) is 6.07 Å². The fourth-order valence-electron chi connectivity index (χ4n) is 2.00. The van der Waals surface area contributed by atoms with E-state index in [0.717, 1.165) is 16.9 Å². The predicted octanol–water partition coefficient (Wildman–Crippen LogP) is 2.94. The zero-order valence-corrected chi connectivity index (χ0v) is 11.6. The Hall–Kier alpha value is -1.20. The summed E-state index contributed by atoms with van der Waals surface area (Å²) in [5.41, 5.74) is 2.23. The van der Waals surface area contributed by atoms with Gasteiger partial charge in [0.1, 0.15) is 12.4 Å². The average molecular weight is 273 g/mol. The molecule has 1 N–H and O–H groups in total. The maximum atomic E-state index is 12.0. The maximum Gasteiger partial charge on any atom is 0.261 e. The summed E-state index contributed by atoms with van der Waals surface area (Å²) in [5.74, 6) is 0.810. The SMILES string of the molecule is CNC(CCOCC(F)F)c1ccc(OC)cc1C. The van der Waals surface area contributed by atoms with Gasteiger partial charge in [-0.15, -0.1) is 0 Å². The van der Waals surface area contributed by atoms with Crippen LogP contribution in [0.4, 0.5) is 8.78 Å². The number of benzene rings is 1. The van der Waals surface area contributed by atoms with Crippen molar-refractivity contribution in [3.05, 3.63) is 29.3 Å². The Labute approximate surface area is 112 Å². The molecule has 0 aromatic heterocycles. The molecule has 3 nitrogen and oxygen atoms in total. The van der Waals surface area contributed by atoms with E-state index in [0.29, 0.717) is 13.0 Å². The molecule has 0 aliphatic rings. The zero-order valence-electron chi connectivity index (χ0n) is 11.6. The number of ether oxygens (including phenoxy) is 2. The van der Waals surface area contributed by atoms with Gasteiger partial charge in [0.15, 0.2) is 0 Å². The van der Waals surface area contributed by atoms with Crippen molar-refractivity contribution in [3.8, 4) is 5.75 Å². The molecule has 0 saturated carbocycles. The molecular formula is C14H21F2NO2. The van der Waals surface area contributed by atoms with Crippen molar-refractivity contribution in [2.75, 3.05) is 27.4 Å². The van der Waals surface area contributed by atoms with E-state index in [1.807, 2.05) is 32.2 Å². The van der Waals surface area contributed by atoms with Crippen LogP contribution in [0.25, 0.3) is 0 Å². The Morgan fingerprint density at radius 3 is 2.58 bits per heavy atom. The molecule has 0 bridgehead atoms. The molecule has 1 unspecified atom stereocenters. The molecule has 0 saturated heterocycles. The molecule has 0 aliphatic heterocycles. The Balaban J connectivity index is 2.59. The zero-order chi connectivity index (χ0) is 14.3. The normalized spacial score (nSPS) is 12.7. The topological polar surface area (TPSA) is 30.5 Å². The third-order valence-corrected chi connectivity index (χ3v) is 3.00. The number of rotatable bonds is 8. The van der Waals surface area contributed by atoms with Crippen molar-refractivity contribution in [1.29, 1.82) is 0 Å². The van der Waals surface area contributed by atoms with Crippen molar-refractivity contribution >= 4 is 0 Å². The third kappa shape index (κ3) is 5.12. The highest BCUT2D eigenvalue weighted by molar-refractivity contribution is 5.36. The Kier molecular flexibility index (Phi) is 6.73. The Morgan fingerprint density at radius 1 is 1.32 bits per heavy atom. The van der Waals surface area contributed by atoms with Crippen molar-refractivity contribution < 1.29 is 18.3 Å². The van der Waals surface area contributed by atoms with Crippen LogP contribution in [0.15, 0.2) is 18.2 Å². The first-order valence-electron chi connectivity index (χ1n) is 6.26. The van der Waals surface area contributed by atoms with Crippen LogP contribution >= 0.6 is 0 Å². The standard InChI is InChI=1S/C14H21F2NO2/c1-10-8-11(18-3)4-5-12(10)13(17-2)6-7-19-9-14(15)16/h4-5,8,13-14,17H,6-7,9H2,1-3H3. The van der Waals surface area contributed by atoms with Crippen LogP contribution < -0.4 is 10.1 Å². The van der Waals surface area contributed by atoms with Crippen molar-refractivity contribution in [1.82, 2.24) is 5.32 Å². The lowest BCUT2D eigenvalue weighted by atomic mass is 9.99. The Morgan fingerprint density at radius 2 is 2.05 bits per heavy atom. The minimum Gasteiger partial charge on any atom is -0.497 e. The number of hydrogen-bond acceptors (Lipinski definition) is 3. The summed E-state index contributed by atoms with van der Waals surface area (Å²) >= 11 is 0. The number of methoxy groups -OCH3 is 1. The van der Waals surface area contributed by atoms with Gasteiger partial charge in [0, 0.05) is 12.6 Å². The quantitative estimate of drug-likeness (QED) is 0.739. The molecule has 1 atom stereocenters. The predicted molar refractivity (Wildman–Crippen MR) is 71.0 cm³/mol. The molecule has 0 aliphatic carbocycles. The molecule has 108 valence electrons. The van der Waals surface area contributed by atoms with Gasteiger partial charge in [-0.25, -0.2) is 8.78 Å². The van der Waals surface area contributed by atoms with Gasteiger partial charge in [0.2, 0.25) is 0 Å². The van der Waals surface area contributed by atoms with E-state index < -0.39 is 13.0 Å². The van der Waals surface area contributed by atoms with Crippen LogP contribution in [0, 0.1) is 6.92 Å². The van der Waals surface area contributed by atoms with Crippen molar-refractivity contribution in [3.63, 3.8) is 0 Å². The lowest BCUT2D eigenvalue weighted by molar-refractivity contribution is 0.0145. The molecule has 1 aromatic rings. The fraction of sp³-hybridized carbons (Fsp3) is 0.571. The van der Waals surface area contributed by atoms with Gasteiger partial charge >= 0.3 is 0 Å². The second-order valence-electron chi connectivity index (χ2n) is 4.32. The molecule has 19 heavy (non-hydrogen) atoms. The van der Waals surface area contributed by atoms with Crippen LogP contribution in [-0.2, 0) is 4.74 Å². The van der Waals surface area contributed by atoms with Gasteiger partial charge in [-0.3, -0.25) is 0 Å². The molecule has 0 heterocycles. The van der Waals surface area contributed by atoms with Gasteiger partial charge in [-0.2, -0.15) is 0 Å². The third-order valence-electron chi connectivity index (χ3n) is 3.00. The van der Waals surface area contributed by atoms with Crippen LogP contribution in [0.3, 0.4) is 0 Å². The minimum atomic E-state index is -2.41. The van der Waals surface area contributed by atoms with Gasteiger partial charge < -0.3 is 14.8 Å². The fourth-order valence-corrected chi connectivity index (χ4v) is 2.00. The number of halogens is 2. The van der Waals surface area contributed by atoms with E-state index in [4.69, 9.17) is 9.47 Å². The van der Waals surface area contributed by atoms with Gasteiger partial charge in [-0.05, 0) is 43.7 Å². The second kappa shape index (κ2) is 8.07. The monoisotopic (exact) mass is 273 g/mol. The summed E-state index contributed by atoms with van der Waals surface area (Å²) in [6, 6.07) is 5.93. The molecular weight excluding hydrogens is 252 g/mol. The Bertz CT molecular complexity index is 386. The largest absolute Gasteiger partial charge is 0.497 e. The van der Waals surface area contributed by atoms with E-state index in [1.165, 1.54) is 0 Å². The van der Waals surface area contributed by atoms with Gasteiger partial charge in [0.05, 0.1) is 7.11 Å². The minimum absolute atomic E-state index is 0.0866. The molecule has 1 aromatic carbocycles. The number of alkyl halides is 2. The number of nitrogens with one attached hydrogen (secondary N) is 1. The molecule has 0 radical (unpaired) electrons. The lowest BCUT2D eigenvalue weighted by Gasteiger charge is -2.19. The number of hydrogen-bond donors (Lipinski definition) is 1. The van der Waals surface area contributed by atoms with Crippen LogP contribution in [0.5, 0.6) is 5.75 Å². The first-order chi connectivity index (χ1) is 9.08. The number of aryl methyl sites for hydroxylation is 1. The summed E-state index contributed by atoms with van der Waals surface area (Å²) in [5, 5.41) is 3.18. The van der Waals surface area contributed by atoms with Crippen LogP contribution in [0.2, 0.25) is 0 Å². The maximum absolute atomic E-state index is 12.0. The summed E-state index contributed by atoms with van der Waals surface area (Å²) in [6.07, 6.45) is -1.76. The van der Waals surface area contributed by atoms with E-state index in [-0.39, 0.29) is 6.04 Å². The molecule has 5 heteroatoms. The summed E-state index contributed by atoms with van der Waals surface area (Å²) in [7, 11) is 3.48. The summed E-state index contributed by atoms with van der Waals surface area (Å²) in [6.45, 7) is 1.81. The van der Waals surface area contributed by atoms with Crippen LogP contribution in [0.1, 0.15) is 23.6 Å². The van der Waals surface area contributed by atoms with Crippen LogP contribution in [-0.4, -0.2) is 33.8 Å². The highest BCUT2D eigenvalue weighted by Crippen LogP contribution is 2.24. The molecule has 1 rings (SSSR count). The molecule has 0 spiro atoms. The van der Waals surface area contributed by atoms with Crippen molar-refractivity contribution in [2.45, 2.75) is 25.8 Å². The highest BCUT2D eigenvalue weighted by atomic mass is 19.3. The molecule has 0 fully saturated rings. The van der Waals surface area contributed by atoms with Gasteiger partial charge in [0.25, 0.3) is 6.43 Å². The summed E-state index contributed by atoms with van der Waals surface area (Å²) < 4.78 is 34.0. The van der Waals surface area contributed by atoms with Crippen molar-refractivity contribution in [2.24, 2.45) is 0 Å². The molecule has 0 amide bonds. The van der Waals surface area contributed by atoms with E-state index in [9.17, 15) is 8.78 Å². The van der Waals surface area contributed by atoms with E-state index >= 15 is 0 Å². The summed E-state index contributed by atoms with van der Waals surface area (Å²) in [4.78, 5) is 0. The van der Waals surface area contributed by atoms with E-state index in [1.54, 1.807) is 7.11 Å².